The second-order valence-electron chi connectivity index (χ2n) is 8.69. The summed E-state index contributed by atoms with van der Waals surface area (Å²) in [6.07, 6.45) is 17.8. The molecule has 0 amide bonds. The van der Waals surface area contributed by atoms with E-state index in [0.29, 0.717) is 11.0 Å². The molecule has 26 heavy (non-hydrogen) atoms. The summed E-state index contributed by atoms with van der Waals surface area (Å²) in [6.45, 7) is 3.25. The molecule has 0 saturated carbocycles. The van der Waals surface area contributed by atoms with E-state index in [-0.39, 0.29) is 12.4 Å². The highest BCUT2D eigenvalue weighted by Crippen LogP contribution is 2.13. The van der Waals surface area contributed by atoms with Crippen LogP contribution in [0.15, 0.2) is 0 Å². The molecule has 0 radical (unpaired) electrons. The first-order chi connectivity index (χ1) is 12.3. The van der Waals surface area contributed by atoms with Gasteiger partial charge < -0.3 is 4.48 Å². The van der Waals surface area contributed by atoms with Crippen LogP contribution in [-0.2, 0) is 14.3 Å². The lowest BCUT2D eigenvalue weighted by atomic mass is 10.0. The fourth-order valence-corrected chi connectivity index (χ4v) is 3.97. The smallest absolute Gasteiger partial charge is 0.267 e. The van der Waals surface area contributed by atoms with E-state index >= 15 is 0 Å². The molecule has 5 heteroatoms. The third kappa shape index (κ3) is 20.2. The quantitative estimate of drug-likeness (QED) is 0.165. The van der Waals surface area contributed by atoms with Crippen molar-refractivity contribution in [3.8, 4) is 0 Å². The molecule has 0 aromatic carbocycles. The van der Waals surface area contributed by atoms with E-state index in [4.69, 9.17) is 4.18 Å². The molecule has 0 rings (SSSR count). The maximum absolute atomic E-state index is 11.8. The third-order valence-corrected chi connectivity index (χ3v) is 6.09. The van der Waals surface area contributed by atoms with E-state index in [1.165, 1.54) is 70.6 Å². The van der Waals surface area contributed by atoms with Gasteiger partial charge in [-0.1, -0.05) is 90.4 Å². The predicted octanol–water partition coefficient (Wildman–Crippen LogP) is 5.52. The highest BCUT2D eigenvalue weighted by Gasteiger charge is 2.14. The van der Waals surface area contributed by atoms with Crippen molar-refractivity contribution in [2.75, 3.05) is 40.0 Å². The third-order valence-electron chi connectivity index (χ3n) is 4.77. The number of unbranched alkanes of at least 4 members (excludes halogenated alkanes) is 13. The van der Waals surface area contributed by atoms with Crippen LogP contribution >= 0.6 is 0 Å². The van der Waals surface area contributed by atoms with Crippen LogP contribution in [0.5, 0.6) is 0 Å². The molecular weight excluding hydrogens is 346 g/mol. The van der Waals surface area contributed by atoms with Crippen LogP contribution in [0.3, 0.4) is 0 Å². The molecule has 0 aliphatic carbocycles. The number of likely N-dealkylation sites (N-methyl/N-ethyl adjacent to an activating group) is 1. The van der Waals surface area contributed by atoms with E-state index in [9.17, 15) is 8.42 Å². The van der Waals surface area contributed by atoms with Gasteiger partial charge in [0.05, 0.1) is 26.9 Å². The summed E-state index contributed by atoms with van der Waals surface area (Å²) in [7, 11) is 2.76. The topological polar surface area (TPSA) is 43.4 Å². The van der Waals surface area contributed by atoms with Crippen LogP contribution < -0.4 is 0 Å². The lowest BCUT2D eigenvalue weighted by Gasteiger charge is -2.23. The van der Waals surface area contributed by atoms with Crippen LogP contribution in [-0.4, -0.2) is 52.9 Å². The number of nitrogens with zero attached hydrogens (tertiary/aromatic N) is 1. The second kappa shape index (κ2) is 15.9. The minimum Gasteiger partial charge on any atom is -0.329 e. The molecule has 0 aromatic heterocycles. The van der Waals surface area contributed by atoms with E-state index in [1.807, 2.05) is 21.1 Å². The molecule has 0 atom stereocenters. The zero-order chi connectivity index (χ0) is 19.7. The maximum Gasteiger partial charge on any atom is 0.267 e. The Kier molecular flexibility index (Phi) is 15.8. The molecule has 0 aliphatic rings. The number of quaternary nitrogens is 1. The normalized spacial score (nSPS) is 12.6. The standard InChI is InChI=1S/C21H46NO3S/c1-5-6-7-8-9-10-11-12-13-14-15-16-17-18-21-26(23,24)25-20-19-22(2,3)4/h5-21H2,1-4H3/q+1. The monoisotopic (exact) mass is 392 g/mol. The van der Waals surface area contributed by atoms with Crippen molar-refractivity contribution in [3.05, 3.63) is 0 Å². The van der Waals surface area contributed by atoms with Gasteiger partial charge in [0.15, 0.2) is 0 Å². The van der Waals surface area contributed by atoms with Crippen molar-refractivity contribution in [1.82, 2.24) is 0 Å². The zero-order valence-corrected chi connectivity index (χ0v) is 18.9. The molecule has 158 valence electrons. The largest absolute Gasteiger partial charge is 0.329 e. The zero-order valence-electron chi connectivity index (χ0n) is 18.1. The summed E-state index contributed by atoms with van der Waals surface area (Å²) < 4.78 is 29.4. The molecule has 4 nitrogen and oxygen atoms in total. The maximum atomic E-state index is 11.8. The summed E-state index contributed by atoms with van der Waals surface area (Å²) in [5.41, 5.74) is 0. The van der Waals surface area contributed by atoms with Gasteiger partial charge in [-0.25, -0.2) is 0 Å². The van der Waals surface area contributed by atoms with E-state index < -0.39 is 10.1 Å². The summed E-state index contributed by atoms with van der Waals surface area (Å²) in [4.78, 5) is 0. The Balaban J connectivity index is 3.34. The van der Waals surface area contributed by atoms with E-state index in [0.717, 1.165) is 19.3 Å². The van der Waals surface area contributed by atoms with Crippen molar-refractivity contribution < 1.29 is 17.1 Å². The molecule has 0 fully saturated rings. The van der Waals surface area contributed by atoms with Gasteiger partial charge in [0.1, 0.15) is 13.2 Å². The van der Waals surface area contributed by atoms with Crippen molar-refractivity contribution in [2.24, 2.45) is 0 Å². The first-order valence-electron chi connectivity index (χ1n) is 10.9. The average Bonchev–Trinajstić information content (AvgIpc) is 2.53. The first-order valence-corrected chi connectivity index (χ1v) is 12.5. The minimum atomic E-state index is -3.33. The number of hydrogen-bond donors (Lipinski definition) is 0. The van der Waals surface area contributed by atoms with Gasteiger partial charge in [0, 0.05) is 0 Å². The number of hydrogen-bond acceptors (Lipinski definition) is 3. The minimum absolute atomic E-state index is 0.169. The van der Waals surface area contributed by atoms with Crippen molar-refractivity contribution in [3.63, 3.8) is 0 Å². The van der Waals surface area contributed by atoms with Crippen molar-refractivity contribution in [1.29, 1.82) is 0 Å². The van der Waals surface area contributed by atoms with Gasteiger partial charge in [-0.15, -0.1) is 0 Å². The Morgan fingerprint density at radius 3 is 1.42 bits per heavy atom. The summed E-state index contributed by atoms with van der Waals surface area (Å²) in [5.74, 6) is 0.169. The predicted molar refractivity (Wildman–Crippen MR) is 113 cm³/mol. The van der Waals surface area contributed by atoms with Crippen molar-refractivity contribution >= 4 is 10.1 Å². The molecule has 0 aromatic rings. The SMILES string of the molecule is CCCCCCCCCCCCCCCCS(=O)(=O)OCC[N+](C)(C)C. The van der Waals surface area contributed by atoms with E-state index in [2.05, 4.69) is 6.92 Å². The lowest BCUT2D eigenvalue weighted by Crippen LogP contribution is -2.38. The molecule has 0 N–H and O–H groups in total. The molecule has 0 saturated heterocycles. The summed E-state index contributed by atoms with van der Waals surface area (Å²) in [5, 5.41) is 0. The Morgan fingerprint density at radius 2 is 1.04 bits per heavy atom. The Labute approximate surface area is 164 Å². The van der Waals surface area contributed by atoms with Gasteiger partial charge in [0.2, 0.25) is 0 Å². The lowest BCUT2D eigenvalue weighted by molar-refractivity contribution is -0.870. The van der Waals surface area contributed by atoms with Gasteiger partial charge >= 0.3 is 0 Å². The molecule has 0 spiro atoms. The van der Waals surface area contributed by atoms with Crippen LogP contribution in [0.2, 0.25) is 0 Å². The second-order valence-corrected chi connectivity index (χ2v) is 10.5. The summed E-state index contributed by atoms with van der Waals surface area (Å²) >= 11 is 0. The van der Waals surface area contributed by atoms with Gasteiger partial charge in [-0.3, -0.25) is 4.18 Å². The van der Waals surface area contributed by atoms with Gasteiger partial charge in [-0.05, 0) is 6.42 Å². The van der Waals surface area contributed by atoms with Crippen molar-refractivity contribution in [2.45, 2.75) is 96.8 Å². The molecule has 0 heterocycles. The Morgan fingerprint density at radius 1 is 0.654 bits per heavy atom. The number of rotatable bonds is 19. The van der Waals surface area contributed by atoms with E-state index in [1.54, 1.807) is 0 Å². The van der Waals surface area contributed by atoms with Crippen LogP contribution in [0.1, 0.15) is 96.8 Å². The molecular formula is C21H46NO3S+. The average molecular weight is 393 g/mol. The molecule has 0 unspecified atom stereocenters. The van der Waals surface area contributed by atoms with Gasteiger partial charge in [-0.2, -0.15) is 8.42 Å². The highest BCUT2D eigenvalue weighted by molar-refractivity contribution is 7.86. The molecule has 0 aliphatic heterocycles. The Bertz CT molecular complexity index is 402. The molecule has 0 bridgehead atoms. The highest BCUT2D eigenvalue weighted by atomic mass is 32.2. The fourth-order valence-electron chi connectivity index (χ4n) is 2.97. The summed E-state index contributed by atoms with van der Waals surface area (Å²) in [6, 6.07) is 0. The Hall–Kier alpha value is -0.130. The van der Waals surface area contributed by atoms with Crippen LogP contribution in [0, 0.1) is 0 Å². The van der Waals surface area contributed by atoms with Crippen LogP contribution in [0.4, 0.5) is 0 Å². The first kappa shape index (κ1) is 25.9. The fraction of sp³-hybridized carbons (Fsp3) is 1.00. The van der Waals surface area contributed by atoms with Gasteiger partial charge in [0.25, 0.3) is 10.1 Å². The van der Waals surface area contributed by atoms with Crippen LogP contribution in [0.25, 0.3) is 0 Å².